The molecule has 1 fully saturated rings. The molecule has 1 atom stereocenters. The Hall–Kier alpha value is -2.90. The first-order valence-corrected chi connectivity index (χ1v) is 10.3. The van der Waals surface area contributed by atoms with E-state index in [1.54, 1.807) is 0 Å². The quantitative estimate of drug-likeness (QED) is 0.645. The third kappa shape index (κ3) is 4.80. The molecule has 2 aromatic heterocycles. The van der Waals surface area contributed by atoms with Gasteiger partial charge in [-0.1, -0.05) is 18.2 Å². The van der Waals surface area contributed by atoms with E-state index in [0.717, 1.165) is 30.2 Å². The number of aryl methyl sites for hydroxylation is 2. The highest BCUT2D eigenvalue weighted by Gasteiger charge is 2.26. The molecule has 0 aliphatic carbocycles. The largest absolute Gasteiger partial charge is 0.465 e. The predicted molar refractivity (Wildman–Crippen MR) is 112 cm³/mol. The van der Waals surface area contributed by atoms with Crippen LogP contribution in [0.5, 0.6) is 0 Å². The molecular formula is C23H27N3O4. The molecule has 0 saturated carbocycles. The molecule has 1 unspecified atom stereocenters. The van der Waals surface area contributed by atoms with Crippen molar-refractivity contribution < 1.29 is 18.4 Å². The lowest BCUT2D eigenvalue weighted by Gasteiger charge is -2.33. The Morgan fingerprint density at radius 3 is 2.57 bits per heavy atom. The fourth-order valence-electron chi connectivity index (χ4n) is 3.65. The third-order valence-corrected chi connectivity index (χ3v) is 5.31. The van der Waals surface area contributed by atoms with Crippen LogP contribution in [0, 0.1) is 13.8 Å². The highest BCUT2D eigenvalue weighted by atomic mass is 16.5. The molecule has 1 aliphatic rings. The summed E-state index contributed by atoms with van der Waals surface area (Å²) in [5, 5.41) is 3.05. The van der Waals surface area contributed by atoms with Crippen molar-refractivity contribution in [2.45, 2.75) is 26.3 Å². The van der Waals surface area contributed by atoms with Crippen molar-refractivity contribution in [3.63, 3.8) is 0 Å². The Morgan fingerprint density at radius 1 is 1.10 bits per heavy atom. The number of ether oxygens (including phenoxy) is 1. The average molecular weight is 409 g/mol. The van der Waals surface area contributed by atoms with Crippen LogP contribution in [0.2, 0.25) is 0 Å². The van der Waals surface area contributed by atoms with Crippen molar-refractivity contribution in [2.75, 3.05) is 32.8 Å². The second-order valence-corrected chi connectivity index (χ2v) is 7.48. The molecule has 1 saturated heterocycles. The van der Waals surface area contributed by atoms with Gasteiger partial charge in [-0.3, -0.25) is 9.69 Å². The average Bonchev–Trinajstić information content (AvgIpc) is 3.35. The number of carbonyl (C=O) groups excluding carboxylic acids is 1. The zero-order chi connectivity index (χ0) is 20.9. The Kier molecular flexibility index (Phi) is 6.30. The molecule has 3 aromatic rings. The summed E-state index contributed by atoms with van der Waals surface area (Å²) < 4.78 is 17.1. The maximum absolute atomic E-state index is 12.7. The smallest absolute Gasteiger partial charge is 0.226 e. The summed E-state index contributed by atoms with van der Waals surface area (Å²) in [6.45, 7) is 7.22. The zero-order valence-corrected chi connectivity index (χ0v) is 17.4. The summed E-state index contributed by atoms with van der Waals surface area (Å²) in [6.07, 6.45) is 0.176. The summed E-state index contributed by atoms with van der Waals surface area (Å²) in [7, 11) is 0. The van der Waals surface area contributed by atoms with Crippen LogP contribution in [0.15, 0.2) is 51.3 Å². The monoisotopic (exact) mass is 409 g/mol. The van der Waals surface area contributed by atoms with Gasteiger partial charge in [0.05, 0.1) is 31.4 Å². The van der Waals surface area contributed by atoms with Gasteiger partial charge >= 0.3 is 0 Å². The number of oxazole rings is 1. The number of nitrogens with one attached hydrogen (secondary N) is 1. The molecule has 0 bridgehead atoms. The van der Waals surface area contributed by atoms with Crippen LogP contribution in [0.25, 0.3) is 11.5 Å². The summed E-state index contributed by atoms with van der Waals surface area (Å²) in [5.41, 5.74) is 1.55. The molecule has 0 radical (unpaired) electrons. The number of amides is 1. The molecule has 0 spiro atoms. The minimum Gasteiger partial charge on any atom is -0.465 e. The molecule has 4 rings (SSSR count). The number of benzene rings is 1. The fraction of sp³-hybridized carbons (Fsp3) is 0.391. The molecule has 7 heteroatoms. The van der Waals surface area contributed by atoms with Crippen molar-refractivity contribution in [1.82, 2.24) is 15.2 Å². The van der Waals surface area contributed by atoms with E-state index in [2.05, 4.69) is 15.2 Å². The summed E-state index contributed by atoms with van der Waals surface area (Å²) in [4.78, 5) is 19.5. The molecule has 1 aliphatic heterocycles. The van der Waals surface area contributed by atoms with E-state index in [4.69, 9.17) is 13.6 Å². The summed E-state index contributed by atoms with van der Waals surface area (Å²) in [5.74, 6) is 2.83. The second-order valence-electron chi connectivity index (χ2n) is 7.48. The van der Waals surface area contributed by atoms with Gasteiger partial charge in [0.25, 0.3) is 0 Å². The van der Waals surface area contributed by atoms with E-state index in [9.17, 15) is 4.79 Å². The Balaban J connectivity index is 1.41. The van der Waals surface area contributed by atoms with Gasteiger partial charge in [0.15, 0.2) is 0 Å². The third-order valence-electron chi connectivity index (χ3n) is 5.31. The van der Waals surface area contributed by atoms with Gasteiger partial charge in [0, 0.05) is 25.2 Å². The van der Waals surface area contributed by atoms with Crippen LogP contribution in [0.1, 0.15) is 29.0 Å². The lowest BCUT2D eigenvalue weighted by molar-refractivity contribution is -0.120. The van der Waals surface area contributed by atoms with Gasteiger partial charge in [-0.2, -0.15) is 0 Å². The number of morpholine rings is 1. The van der Waals surface area contributed by atoms with Crippen LogP contribution in [0.3, 0.4) is 0 Å². The Bertz CT molecular complexity index is 974. The minimum atomic E-state index is -0.0902. The van der Waals surface area contributed by atoms with Gasteiger partial charge < -0.3 is 18.9 Å². The van der Waals surface area contributed by atoms with E-state index in [1.165, 1.54) is 0 Å². The van der Waals surface area contributed by atoms with E-state index < -0.39 is 0 Å². The summed E-state index contributed by atoms with van der Waals surface area (Å²) >= 11 is 0. The van der Waals surface area contributed by atoms with Gasteiger partial charge in [-0.05, 0) is 38.1 Å². The number of carbonyl (C=O) groups is 1. The van der Waals surface area contributed by atoms with Crippen LogP contribution < -0.4 is 5.32 Å². The second kappa shape index (κ2) is 9.28. The highest BCUT2D eigenvalue weighted by molar-refractivity contribution is 5.78. The molecular weight excluding hydrogens is 382 g/mol. The Labute approximate surface area is 176 Å². The number of hydrogen-bond donors (Lipinski definition) is 1. The first-order valence-electron chi connectivity index (χ1n) is 10.3. The maximum Gasteiger partial charge on any atom is 0.226 e. The van der Waals surface area contributed by atoms with Gasteiger partial charge in [0.2, 0.25) is 11.8 Å². The SMILES string of the molecule is Cc1ccc(C(CNC(=O)Cc2nc(-c3ccccc3)oc2C)N2CCOCC2)o1. The minimum absolute atomic E-state index is 0.0233. The molecule has 1 aromatic carbocycles. The normalized spacial score (nSPS) is 15.8. The predicted octanol–water partition coefficient (Wildman–Crippen LogP) is 3.28. The van der Waals surface area contributed by atoms with Gasteiger partial charge in [0.1, 0.15) is 17.3 Å². The molecule has 7 nitrogen and oxygen atoms in total. The first-order chi connectivity index (χ1) is 14.6. The topological polar surface area (TPSA) is 80.7 Å². The molecule has 158 valence electrons. The van der Waals surface area contributed by atoms with Crippen molar-refractivity contribution in [2.24, 2.45) is 0 Å². The van der Waals surface area contributed by atoms with Crippen LogP contribution >= 0.6 is 0 Å². The van der Waals surface area contributed by atoms with E-state index in [1.807, 2.05) is 56.3 Å². The van der Waals surface area contributed by atoms with Crippen molar-refractivity contribution in [3.8, 4) is 11.5 Å². The van der Waals surface area contributed by atoms with E-state index in [-0.39, 0.29) is 18.4 Å². The maximum atomic E-state index is 12.7. The first kappa shape index (κ1) is 20.4. The van der Waals surface area contributed by atoms with E-state index >= 15 is 0 Å². The zero-order valence-electron chi connectivity index (χ0n) is 17.4. The standard InChI is InChI=1S/C23H27N3O4/c1-16-8-9-21(29-16)20(26-10-12-28-13-11-26)15-24-22(27)14-19-17(2)30-23(25-19)18-6-4-3-5-7-18/h3-9,20H,10-15H2,1-2H3,(H,24,27). The number of rotatable bonds is 7. The lowest BCUT2D eigenvalue weighted by Crippen LogP contribution is -2.44. The number of hydrogen-bond acceptors (Lipinski definition) is 6. The number of aromatic nitrogens is 1. The molecule has 1 amide bonds. The van der Waals surface area contributed by atoms with Gasteiger partial charge in [-0.25, -0.2) is 4.98 Å². The van der Waals surface area contributed by atoms with E-state index in [0.29, 0.717) is 37.1 Å². The summed E-state index contributed by atoms with van der Waals surface area (Å²) in [6, 6.07) is 13.6. The number of nitrogens with zero attached hydrogens (tertiary/aromatic N) is 2. The van der Waals surface area contributed by atoms with Crippen molar-refractivity contribution in [3.05, 3.63) is 65.4 Å². The van der Waals surface area contributed by atoms with Crippen LogP contribution in [0.4, 0.5) is 0 Å². The van der Waals surface area contributed by atoms with Crippen molar-refractivity contribution >= 4 is 5.91 Å². The van der Waals surface area contributed by atoms with Gasteiger partial charge in [-0.15, -0.1) is 0 Å². The molecule has 3 heterocycles. The fourth-order valence-corrected chi connectivity index (χ4v) is 3.65. The van der Waals surface area contributed by atoms with Crippen LogP contribution in [-0.4, -0.2) is 48.6 Å². The lowest BCUT2D eigenvalue weighted by atomic mass is 10.1. The Morgan fingerprint density at radius 2 is 1.87 bits per heavy atom. The number of furan rings is 1. The van der Waals surface area contributed by atoms with Crippen molar-refractivity contribution in [1.29, 1.82) is 0 Å². The highest BCUT2D eigenvalue weighted by Crippen LogP contribution is 2.24. The van der Waals surface area contributed by atoms with Crippen LogP contribution in [-0.2, 0) is 16.0 Å². The molecule has 1 N–H and O–H groups in total. The molecule has 30 heavy (non-hydrogen) atoms.